The molecule has 7 aliphatic rings. The zero-order chi connectivity index (χ0) is 38.2. The van der Waals surface area contributed by atoms with E-state index < -0.39 is 5.54 Å². The number of carbonyl (C=O) groups is 1. The first kappa shape index (κ1) is 37.1. The molecule has 2 saturated heterocycles. The second-order valence-corrected chi connectivity index (χ2v) is 16.7. The third-order valence-corrected chi connectivity index (χ3v) is 14.3. The van der Waals surface area contributed by atoms with Crippen LogP contribution in [0, 0.1) is 20.8 Å². The highest BCUT2D eigenvalue weighted by molar-refractivity contribution is 7.99. The highest BCUT2D eigenvalue weighted by atomic mass is 32.2. The molecule has 0 radical (unpaired) electrons. The predicted octanol–water partition coefficient (Wildman–Crippen LogP) is 6.28. The number of phenolic OH excluding ortho intramolecular Hbond substituents is 2. The van der Waals surface area contributed by atoms with Gasteiger partial charge in [0.15, 0.2) is 40.0 Å². The van der Waals surface area contributed by atoms with Crippen molar-refractivity contribution in [3.63, 3.8) is 0 Å². The second-order valence-electron chi connectivity index (χ2n) is 15.6. The molecule has 54 heavy (non-hydrogen) atoms. The topological polar surface area (TPSA) is 122 Å². The summed E-state index contributed by atoms with van der Waals surface area (Å²) in [6.07, 6.45) is 4.08. The molecule has 7 heterocycles. The summed E-state index contributed by atoms with van der Waals surface area (Å²) in [4.78, 5) is 19.6. The number of methoxy groups -OCH3 is 2. The van der Waals surface area contributed by atoms with E-state index in [9.17, 15) is 15.0 Å². The third-order valence-electron chi connectivity index (χ3n) is 12.8. The fourth-order valence-corrected chi connectivity index (χ4v) is 11.7. The van der Waals surface area contributed by atoms with Crippen LogP contribution in [-0.2, 0) is 27.9 Å². The van der Waals surface area contributed by atoms with E-state index in [4.69, 9.17) is 23.7 Å². The van der Waals surface area contributed by atoms with E-state index in [1.54, 1.807) is 31.0 Å². The first-order valence-corrected chi connectivity index (χ1v) is 20.3. The molecule has 0 aliphatic carbocycles. The fraction of sp³-hybridized carbons (Fsp3) is 0.548. The van der Waals surface area contributed by atoms with E-state index >= 15 is 0 Å². The maximum Gasteiger partial charge on any atom is 0.331 e. The van der Waals surface area contributed by atoms with Crippen molar-refractivity contribution in [2.75, 3.05) is 53.5 Å². The molecule has 0 saturated carbocycles. The quantitative estimate of drug-likeness (QED) is 0.261. The van der Waals surface area contributed by atoms with Crippen LogP contribution in [0.5, 0.6) is 34.5 Å². The molecule has 2 fully saturated rings. The van der Waals surface area contributed by atoms with Crippen LogP contribution in [0.25, 0.3) is 0 Å². The summed E-state index contributed by atoms with van der Waals surface area (Å²) in [6, 6.07) is 5.30. The molecule has 3 aromatic carbocycles. The number of carbonyl (C=O) groups excluding carboxylic acids is 1. The number of unbranched alkanes of at least 4 members (excludes halogenated alkanes) is 1. The number of ether oxygens (including phenoxy) is 5. The van der Waals surface area contributed by atoms with Gasteiger partial charge in [-0.2, -0.15) is 0 Å². The molecule has 4 bridgehead atoms. The molecule has 5 unspecified atom stereocenters. The third kappa shape index (κ3) is 5.38. The summed E-state index contributed by atoms with van der Waals surface area (Å²) in [7, 11) is 5.31. The Hall–Kier alpha value is -3.84. The lowest BCUT2D eigenvalue weighted by molar-refractivity contribution is -0.156. The Balaban J connectivity index is 0.000000987. The maximum atomic E-state index is 14.6. The average molecular weight is 760 g/mol. The van der Waals surface area contributed by atoms with Gasteiger partial charge in [-0.25, -0.2) is 4.79 Å². The Bertz CT molecular complexity index is 2000. The van der Waals surface area contributed by atoms with Crippen LogP contribution >= 0.6 is 11.8 Å². The normalized spacial score (nSPS) is 27.9. The summed E-state index contributed by atoms with van der Waals surface area (Å²) in [5.41, 5.74) is 7.90. The summed E-state index contributed by atoms with van der Waals surface area (Å²) in [5, 5.41) is 26.1. The fourth-order valence-electron chi connectivity index (χ4n) is 9.87. The zero-order valence-corrected chi connectivity index (χ0v) is 33.4. The van der Waals surface area contributed by atoms with Gasteiger partial charge in [0.25, 0.3) is 0 Å². The van der Waals surface area contributed by atoms with Crippen molar-refractivity contribution in [1.29, 1.82) is 0 Å². The number of piperazine rings is 1. The van der Waals surface area contributed by atoms with E-state index in [1.807, 2.05) is 6.92 Å². The Labute approximate surface area is 322 Å². The summed E-state index contributed by atoms with van der Waals surface area (Å²) < 4.78 is 30.1. The molecule has 7 aliphatic heterocycles. The lowest BCUT2D eigenvalue weighted by Crippen LogP contribution is -2.65. The van der Waals surface area contributed by atoms with Gasteiger partial charge in [-0.15, -0.1) is 11.8 Å². The monoisotopic (exact) mass is 759 g/mol. The Morgan fingerprint density at radius 3 is 2.44 bits per heavy atom. The number of nitrogens with one attached hydrogen (secondary N) is 1. The first-order valence-electron chi connectivity index (χ1n) is 19.2. The zero-order valence-electron chi connectivity index (χ0n) is 32.6. The Morgan fingerprint density at radius 2 is 1.72 bits per heavy atom. The average Bonchev–Trinajstić information content (AvgIpc) is 3.65. The lowest BCUT2D eigenvalue weighted by Gasteiger charge is -2.60. The van der Waals surface area contributed by atoms with Gasteiger partial charge >= 0.3 is 5.97 Å². The van der Waals surface area contributed by atoms with Crippen LogP contribution in [0.3, 0.4) is 0 Å². The van der Waals surface area contributed by atoms with E-state index in [1.165, 1.54) is 25.5 Å². The first-order chi connectivity index (χ1) is 26.0. The van der Waals surface area contributed by atoms with Gasteiger partial charge in [-0.1, -0.05) is 32.8 Å². The van der Waals surface area contributed by atoms with Gasteiger partial charge in [0.2, 0.25) is 6.79 Å². The van der Waals surface area contributed by atoms with Crippen molar-refractivity contribution < 1.29 is 38.7 Å². The van der Waals surface area contributed by atoms with Gasteiger partial charge in [0, 0.05) is 47.3 Å². The number of aromatic hydroxyl groups is 2. The van der Waals surface area contributed by atoms with Gasteiger partial charge in [-0.3, -0.25) is 15.1 Å². The van der Waals surface area contributed by atoms with Crippen molar-refractivity contribution in [2.24, 2.45) is 0 Å². The SMILES string of the molecule is CCCC.COc1cc2c(cc1O)CCN[C@]21CSC2c3c(C)c(C)c4c(c3C(COC1=O)N1CC3Cc5cc(C)c(OC)c(O)c5C(C21)N3C)OCO4. The van der Waals surface area contributed by atoms with Crippen molar-refractivity contribution in [1.82, 2.24) is 15.1 Å². The number of phenols is 2. The van der Waals surface area contributed by atoms with Crippen LogP contribution in [-0.4, -0.2) is 91.6 Å². The molecule has 12 heteroatoms. The molecular weight excluding hydrogens is 707 g/mol. The number of rotatable bonds is 3. The van der Waals surface area contributed by atoms with E-state index in [0.717, 1.165) is 69.0 Å². The Kier molecular flexibility index (Phi) is 9.64. The van der Waals surface area contributed by atoms with E-state index in [-0.39, 0.29) is 60.3 Å². The molecule has 0 amide bonds. The van der Waals surface area contributed by atoms with Gasteiger partial charge in [-0.05, 0) is 91.7 Å². The largest absolute Gasteiger partial charge is 0.504 e. The van der Waals surface area contributed by atoms with Crippen LogP contribution in [0.15, 0.2) is 18.2 Å². The number of esters is 1. The number of benzene rings is 3. The van der Waals surface area contributed by atoms with Crippen LogP contribution in [0.4, 0.5) is 0 Å². The number of nitrogens with zero attached hydrogens (tertiary/aromatic N) is 2. The highest BCUT2D eigenvalue weighted by Crippen LogP contribution is 2.62. The number of hydrogen-bond acceptors (Lipinski definition) is 12. The van der Waals surface area contributed by atoms with Crippen LogP contribution in [0.1, 0.15) is 94.1 Å². The summed E-state index contributed by atoms with van der Waals surface area (Å²) in [5.74, 6) is 2.61. The van der Waals surface area contributed by atoms with Gasteiger partial charge < -0.3 is 33.9 Å². The van der Waals surface area contributed by atoms with Crippen LogP contribution in [0.2, 0.25) is 0 Å². The van der Waals surface area contributed by atoms with Crippen molar-refractivity contribution in [2.45, 2.75) is 95.3 Å². The predicted molar refractivity (Wildman–Crippen MR) is 207 cm³/mol. The molecule has 6 atom stereocenters. The molecule has 3 aromatic rings. The molecular formula is C42H53N3O8S. The maximum absolute atomic E-state index is 14.6. The molecule has 11 nitrogen and oxygen atoms in total. The van der Waals surface area contributed by atoms with Crippen LogP contribution < -0.4 is 24.3 Å². The number of fused-ring (bicyclic) bond motifs is 9. The van der Waals surface area contributed by atoms with Crippen molar-refractivity contribution in [3.8, 4) is 34.5 Å². The molecule has 1 spiro atoms. The highest BCUT2D eigenvalue weighted by Gasteiger charge is 2.58. The van der Waals surface area contributed by atoms with E-state index in [2.05, 4.69) is 55.9 Å². The minimum atomic E-state index is -1.17. The Morgan fingerprint density at radius 1 is 0.963 bits per heavy atom. The van der Waals surface area contributed by atoms with Crippen molar-refractivity contribution >= 4 is 17.7 Å². The minimum Gasteiger partial charge on any atom is -0.504 e. The molecule has 10 rings (SSSR count). The van der Waals surface area contributed by atoms with Gasteiger partial charge in [0.05, 0.1) is 26.3 Å². The second kappa shape index (κ2) is 14.0. The van der Waals surface area contributed by atoms with Gasteiger partial charge in [0.1, 0.15) is 6.61 Å². The summed E-state index contributed by atoms with van der Waals surface area (Å²) in [6.45, 7) is 12.2. The lowest BCUT2D eigenvalue weighted by atomic mass is 9.73. The number of likely N-dealkylation sites (N-methyl/N-ethyl adjacent to an activating group) is 1. The smallest absolute Gasteiger partial charge is 0.331 e. The minimum absolute atomic E-state index is 0.0521. The number of hydrogen-bond donors (Lipinski definition) is 3. The number of thioether (sulfide) groups is 1. The molecule has 0 aromatic heterocycles. The van der Waals surface area contributed by atoms with E-state index in [0.29, 0.717) is 30.2 Å². The molecule has 290 valence electrons. The number of aryl methyl sites for hydroxylation is 1. The van der Waals surface area contributed by atoms with Crippen molar-refractivity contribution in [3.05, 3.63) is 68.3 Å². The summed E-state index contributed by atoms with van der Waals surface area (Å²) >= 11 is 1.74. The standard InChI is InChI=1S/C38H43N3O8S.C4H10/c1-17-9-21-10-22-13-41-24-14-47-37(44)38(23-12-26(45-5)25(42)11-20(23)7-8-39-38)15-50-36(27-18(2)19(3)34-35(29(24)27)49-16-48-34)31(41)30(40(22)4)28(21)32(43)33(17)46-6;1-3-4-2/h9,11-12,22,24,30-31,36,39,42-43H,7-8,10,13-16H2,1-6H3;3-4H2,1-2H3/t22?,24?,30?,31?,36?,38-;/m1./s1. The molecule has 3 N–H and O–H groups in total.